The number of esters is 1. The smallest absolute Gasteiger partial charge is 0.321 e. The predicted molar refractivity (Wildman–Crippen MR) is 68.3 cm³/mol. The number of carbonyl (C=O) groups excluding carboxylic acids is 2. The highest BCUT2D eigenvalue weighted by atomic mass is 32.2. The van der Waals surface area contributed by atoms with Crippen molar-refractivity contribution in [3.63, 3.8) is 0 Å². The lowest BCUT2D eigenvalue weighted by molar-refractivity contribution is -0.140. The fraction of sp³-hybridized carbons (Fsp3) is 0.833. The van der Waals surface area contributed by atoms with Crippen LogP contribution in [0.25, 0.3) is 0 Å². The van der Waals surface area contributed by atoms with Gasteiger partial charge in [-0.3, -0.25) is 9.00 Å². The second kappa shape index (κ2) is 9.33. The van der Waals surface area contributed by atoms with Gasteiger partial charge in [-0.2, -0.15) is 0 Å². The number of hydrogen-bond donors (Lipinski definition) is 0. The summed E-state index contributed by atoms with van der Waals surface area (Å²) in [5, 5.41) is -0.507. The van der Waals surface area contributed by atoms with Crippen molar-refractivity contribution in [3.8, 4) is 0 Å². The molecule has 0 aromatic rings. The molecule has 0 aliphatic heterocycles. The van der Waals surface area contributed by atoms with Crippen molar-refractivity contribution >= 4 is 22.6 Å². The maximum Gasteiger partial charge on any atom is 0.321 e. The van der Waals surface area contributed by atoms with Crippen molar-refractivity contribution in [1.82, 2.24) is 0 Å². The largest absolute Gasteiger partial charge is 0.468 e. The van der Waals surface area contributed by atoms with E-state index in [1.165, 1.54) is 13.4 Å². The molecule has 0 aromatic heterocycles. The Morgan fingerprint density at radius 2 is 1.76 bits per heavy atom. The Bertz CT molecular complexity index is 276. The van der Waals surface area contributed by atoms with Gasteiger partial charge in [-0.25, -0.2) is 0 Å². The second-order valence-corrected chi connectivity index (χ2v) is 5.73. The van der Waals surface area contributed by atoms with Gasteiger partial charge >= 0.3 is 5.97 Å². The normalized spacial score (nSPS) is 14.1. The van der Waals surface area contributed by atoms with Crippen LogP contribution in [0.1, 0.15) is 45.4 Å². The molecule has 0 radical (unpaired) electrons. The minimum absolute atomic E-state index is 0.215. The monoisotopic (exact) mass is 262 g/mol. The average Bonchev–Trinajstić information content (AvgIpc) is 2.26. The van der Waals surface area contributed by atoms with Crippen LogP contribution in [0.2, 0.25) is 0 Å². The number of ether oxygens (including phenoxy) is 1. The summed E-state index contributed by atoms with van der Waals surface area (Å²) >= 11 is 0. The number of Topliss-reactive ketones (excluding diaryl/α,β-unsaturated/α-hetero) is 1. The van der Waals surface area contributed by atoms with Gasteiger partial charge in [0.05, 0.1) is 7.11 Å². The molecule has 4 nitrogen and oxygen atoms in total. The van der Waals surface area contributed by atoms with Crippen molar-refractivity contribution < 1.29 is 18.5 Å². The van der Waals surface area contributed by atoms with E-state index in [-0.39, 0.29) is 5.78 Å². The zero-order valence-corrected chi connectivity index (χ0v) is 11.7. The van der Waals surface area contributed by atoms with Crippen molar-refractivity contribution in [2.24, 2.45) is 0 Å². The molecule has 0 heterocycles. The van der Waals surface area contributed by atoms with Crippen LogP contribution < -0.4 is 0 Å². The third kappa shape index (κ3) is 8.07. The fourth-order valence-electron chi connectivity index (χ4n) is 1.61. The zero-order valence-electron chi connectivity index (χ0n) is 10.9. The predicted octanol–water partition coefficient (Wildman–Crippen LogP) is 1.84. The molecule has 0 amide bonds. The lowest BCUT2D eigenvalue weighted by Gasteiger charge is -2.11. The molecule has 0 rings (SSSR count). The average molecular weight is 262 g/mol. The van der Waals surface area contributed by atoms with Crippen LogP contribution >= 0.6 is 0 Å². The molecular weight excluding hydrogens is 240 g/mol. The Labute approximate surface area is 106 Å². The highest BCUT2D eigenvalue weighted by Crippen LogP contribution is 2.11. The van der Waals surface area contributed by atoms with Crippen LogP contribution in [0.15, 0.2) is 0 Å². The van der Waals surface area contributed by atoms with E-state index < -0.39 is 22.0 Å². The molecule has 17 heavy (non-hydrogen) atoms. The summed E-state index contributed by atoms with van der Waals surface area (Å²) in [5.41, 5.74) is 0. The van der Waals surface area contributed by atoms with E-state index >= 15 is 0 Å². The van der Waals surface area contributed by atoms with E-state index in [9.17, 15) is 13.8 Å². The minimum atomic E-state index is -1.18. The zero-order chi connectivity index (χ0) is 13.3. The number of unbranched alkanes of at least 4 members (excludes halogenated alkanes) is 3. The number of ketones is 1. The summed E-state index contributed by atoms with van der Waals surface area (Å²) in [6.07, 6.45) is 6.42. The molecule has 0 bridgehead atoms. The van der Waals surface area contributed by atoms with E-state index in [0.29, 0.717) is 12.8 Å². The molecule has 0 spiro atoms. The first-order chi connectivity index (χ1) is 7.99. The molecule has 0 aromatic carbocycles. The summed E-state index contributed by atoms with van der Waals surface area (Å²) < 4.78 is 15.9. The second-order valence-electron chi connectivity index (χ2n) is 4.17. The molecule has 0 aliphatic rings. The van der Waals surface area contributed by atoms with Crippen molar-refractivity contribution in [2.45, 2.75) is 50.7 Å². The lowest BCUT2D eigenvalue weighted by atomic mass is 10.1. The maximum atomic E-state index is 11.3. The van der Waals surface area contributed by atoms with Gasteiger partial charge in [0.25, 0.3) is 0 Å². The molecule has 0 fully saturated rings. The van der Waals surface area contributed by atoms with Crippen LogP contribution in [-0.2, 0) is 25.1 Å². The van der Waals surface area contributed by atoms with E-state index in [0.717, 1.165) is 25.7 Å². The molecule has 2 unspecified atom stereocenters. The van der Waals surface area contributed by atoms with E-state index in [2.05, 4.69) is 4.74 Å². The van der Waals surface area contributed by atoms with Gasteiger partial charge in [0.2, 0.25) is 0 Å². The van der Waals surface area contributed by atoms with E-state index in [1.54, 1.807) is 6.92 Å². The summed E-state index contributed by atoms with van der Waals surface area (Å²) in [6, 6.07) is 0. The molecule has 0 saturated carbocycles. The Morgan fingerprint density at radius 1 is 1.18 bits per heavy atom. The van der Waals surface area contributed by atoms with Crippen LogP contribution in [-0.4, -0.2) is 34.6 Å². The first-order valence-electron chi connectivity index (χ1n) is 5.88. The molecule has 2 atom stereocenters. The highest BCUT2D eigenvalue weighted by Gasteiger charge is 2.22. The maximum absolute atomic E-state index is 11.3. The summed E-state index contributed by atoms with van der Waals surface area (Å²) in [4.78, 5) is 22.0. The van der Waals surface area contributed by atoms with Crippen LogP contribution in [0.5, 0.6) is 0 Å². The first-order valence-corrected chi connectivity index (χ1v) is 7.50. The number of methoxy groups -OCH3 is 1. The number of carbonyl (C=O) groups is 2. The molecule has 5 heteroatoms. The standard InChI is InChI=1S/C12H22O4S/c1-10(13)8-6-4-5-7-9-11(17(3)15)12(14)16-2/h11H,4-9H2,1-3H3. The topological polar surface area (TPSA) is 60.4 Å². The Morgan fingerprint density at radius 3 is 2.24 bits per heavy atom. The molecule has 100 valence electrons. The number of hydrogen-bond acceptors (Lipinski definition) is 4. The molecule has 0 aliphatic carbocycles. The van der Waals surface area contributed by atoms with Gasteiger partial charge in [0.1, 0.15) is 11.0 Å². The summed E-state index contributed by atoms with van der Waals surface area (Å²) in [5.74, 6) is -0.179. The van der Waals surface area contributed by atoms with Crippen molar-refractivity contribution in [1.29, 1.82) is 0 Å². The molecular formula is C12H22O4S. The van der Waals surface area contributed by atoms with E-state index in [1.807, 2.05) is 0 Å². The van der Waals surface area contributed by atoms with Gasteiger partial charge in [-0.15, -0.1) is 0 Å². The van der Waals surface area contributed by atoms with Gasteiger partial charge in [0.15, 0.2) is 0 Å². The van der Waals surface area contributed by atoms with Crippen molar-refractivity contribution in [3.05, 3.63) is 0 Å². The number of rotatable bonds is 9. The SMILES string of the molecule is COC(=O)C(CCCCCCC(C)=O)S(C)=O. The fourth-order valence-corrected chi connectivity index (χ4v) is 2.47. The van der Waals surface area contributed by atoms with Crippen LogP contribution in [0.3, 0.4) is 0 Å². The summed E-state index contributed by atoms with van der Waals surface area (Å²) in [7, 11) is 0.138. The molecule has 0 saturated heterocycles. The summed E-state index contributed by atoms with van der Waals surface area (Å²) in [6.45, 7) is 1.59. The Balaban J connectivity index is 3.73. The van der Waals surface area contributed by atoms with Crippen LogP contribution in [0.4, 0.5) is 0 Å². The molecule has 0 N–H and O–H groups in total. The van der Waals surface area contributed by atoms with Gasteiger partial charge in [-0.1, -0.05) is 19.3 Å². The Hall–Kier alpha value is -0.710. The third-order valence-electron chi connectivity index (χ3n) is 2.61. The lowest BCUT2D eigenvalue weighted by Crippen LogP contribution is -2.26. The minimum Gasteiger partial charge on any atom is -0.468 e. The van der Waals surface area contributed by atoms with Gasteiger partial charge < -0.3 is 9.53 Å². The van der Waals surface area contributed by atoms with Gasteiger partial charge in [0, 0.05) is 23.5 Å². The highest BCUT2D eigenvalue weighted by molar-refractivity contribution is 7.85. The first kappa shape index (κ1) is 16.3. The van der Waals surface area contributed by atoms with E-state index in [4.69, 9.17) is 0 Å². The third-order valence-corrected chi connectivity index (χ3v) is 3.84. The quantitative estimate of drug-likeness (QED) is 0.470. The van der Waals surface area contributed by atoms with Crippen LogP contribution in [0, 0.1) is 0 Å². The van der Waals surface area contributed by atoms with Crippen molar-refractivity contribution in [2.75, 3.05) is 13.4 Å². The Kier molecular flexibility index (Phi) is 8.94. The van der Waals surface area contributed by atoms with Gasteiger partial charge in [-0.05, 0) is 19.8 Å².